The minimum absolute atomic E-state index is 0.293. The van der Waals surface area contributed by atoms with Crippen LogP contribution < -0.4 is 14.8 Å². The van der Waals surface area contributed by atoms with E-state index in [4.69, 9.17) is 14.2 Å². The summed E-state index contributed by atoms with van der Waals surface area (Å²) in [6.45, 7) is 1.33. The Balaban J connectivity index is 1.60. The normalized spacial score (nSPS) is 12.4. The molecular weight excluding hydrogens is 256 g/mol. The van der Waals surface area contributed by atoms with Crippen LogP contribution >= 0.6 is 0 Å². The number of fused-ring (bicyclic) bond motifs is 1. The van der Waals surface area contributed by atoms with Crippen LogP contribution in [0.25, 0.3) is 0 Å². The van der Waals surface area contributed by atoms with Crippen molar-refractivity contribution in [3.8, 4) is 11.5 Å². The number of ether oxygens (including phenoxy) is 3. The summed E-state index contributed by atoms with van der Waals surface area (Å²) in [6, 6.07) is 9.74. The van der Waals surface area contributed by atoms with Crippen molar-refractivity contribution in [1.29, 1.82) is 0 Å². The zero-order chi connectivity index (χ0) is 13.8. The lowest BCUT2D eigenvalue weighted by atomic mass is 10.2. The fourth-order valence-electron chi connectivity index (χ4n) is 2.09. The van der Waals surface area contributed by atoms with Crippen LogP contribution in [0.4, 0.5) is 5.82 Å². The molecular formula is C15H16N2O3. The van der Waals surface area contributed by atoms with E-state index in [0.29, 0.717) is 20.0 Å². The summed E-state index contributed by atoms with van der Waals surface area (Å²) in [6.07, 6.45) is 1.76. The van der Waals surface area contributed by atoms with Crippen molar-refractivity contribution in [3.63, 3.8) is 0 Å². The van der Waals surface area contributed by atoms with E-state index in [1.165, 1.54) is 0 Å². The van der Waals surface area contributed by atoms with Crippen LogP contribution in [0, 0.1) is 0 Å². The quantitative estimate of drug-likeness (QED) is 0.906. The number of benzene rings is 1. The van der Waals surface area contributed by atoms with Gasteiger partial charge < -0.3 is 19.5 Å². The summed E-state index contributed by atoms with van der Waals surface area (Å²) in [5.41, 5.74) is 2.10. The molecule has 20 heavy (non-hydrogen) atoms. The Hall–Kier alpha value is -2.27. The number of anilines is 1. The molecule has 0 atom stereocenters. The molecule has 2 heterocycles. The maximum absolute atomic E-state index is 5.73. The summed E-state index contributed by atoms with van der Waals surface area (Å²) >= 11 is 0. The van der Waals surface area contributed by atoms with Crippen LogP contribution in [-0.4, -0.2) is 18.8 Å². The third kappa shape index (κ3) is 2.67. The number of hydrogen-bond acceptors (Lipinski definition) is 5. The van der Waals surface area contributed by atoms with Crippen molar-refractivity contribution in [2.45, 2.75) is 13.2 Å². The van der Waals surface area contributed by atoms with Crippen LogP contribution in [0.15, 0.2) is 36.5 Å². The predicted octanol–water partition coefficient (Wildman–Crippen LogP) is 2.57. The zero-order valence-corrected chi connectivity index (χ0v) is 11.3. The molecule has 1 aliphatic rings. The van der Waals surface area contributed by atoms with E-state index in [1.807, 2.05) is 37.4 Å². The Bertz CT molecular complexity index is 601. The number of nitrogens with zero attached hydrogens (tertiary/aromatic N) is 1. The first-order chi connectivity index (χ1) is 9.86. The van der Waals surface area contributed by atoms with Crippen molar-refractivity contribution in [1.82, 2.24) is 4.98 Å². The smallest absolute Gasteiger partial charge is 0.231 e. The fourth-order valence-corrected chi connectivity index (χ4v) is 2.09. The Morgan fingerprint density at radius 3 is 3.00 bits per heavy atom. The number of rotatable bonds is 5. The third-order valence-electron chi connectivity index (χ3n) is 3.09. The fraction of sp³-hybridized carbons (Fsp3) is 0.267. The van der Waals surface area contributed by atoms with Gasteiger partial charge >= 0.3 is 0 Å². The molecule has 104 valence electrons. The standard InChI is InChI=1S/C15H16N2O3/c1-16-15-12(3-2-6-17-15)9-18-8-11-4-5-13-14(7-11)20-10-19-13/h2-7H,8-10H2,1H3,(H,16,17). The average Bonchev–Trinajstić information content (AvgIpc) is 2.95. The van der Waals surface area contributed by atoms with Gasteiger partial charge in [-0.15, -0.1) is 0 Å². The van der Waals surface area contributed by atoms with Crippen molar-refractivity contribution in [3.05, 3.63) is 47.7 Å². The highest BCUT2D eigenvalue weighted by atomic mass is 16.7. The molecule has 2 aromatic rings. The van der Waals surface area contributed by atoms with Gasteiger partial charge in [-0.25, -0.2) is 4.98 Å². The summed E-state index contributed by atoms with van der Waals surface area (Å²) in [7, 11) is 1.85. The van der Waals surface area contributed by atoms with E-state index in [9.17, 15) is 0 Å². The molecule has 0 amide bonds. The van der Waals surface area contributed by atoms with Crippen LogP contribution in [0.2, 0.25) is 0 Å². The molecule has 0 saturated carbocycles. The molecule has 5 heteroatoms. The number of nitrogens with one attached hydrogen (secondary N) is 1. The maximum atomic E-state index is 5.73. The molecule has 0 unspecified atom stereocenters. The Morgan fingerprint density at radius 2 is 2.10 bits per heavy atom. The second kappa shape index (κ2) is 5.79. The van der Waals surface area contributed by atoms with Gasteiger partial charge in [0, 0.05) is 18.8 Å². The Morgan fingerprint density at radius 1 is 1.20 bits per heavy atom. The van der Waals surface area contributed by atoms with Crippen molar-refractivity contribution < 1.29 is 14.2 Å². The summed E-state index contributed by atoms with van der Waals surface area (Å²) in [5.74, 6) is 2.42. The van der Waals surface area contributed by atoms with Crippen molar-refractivity contribution >= 4 is 5.82 Å². The van der Waals surface area contributed by atoms with Gasteiger partial charge in [-0.05, 0) is 23.8 Å². The van der Waals surface area contributed by atoms with Crippen molar-refractivity contribution in [2.75, 3.05) is 19.2 Å². The van der Waals surface area contributed by atoms with Gasteiger partial charge in [-0.2, -0.15) is 0 Å². The first-order valence-electron chi connectivity index (χ1n) is 6.45. The molecule has 1 N–H and O–H groups in total. The van der Waals surface area contributed by atoms with Gasteiger partial charge in [0.1, 0.15) is 5.82 Å². The third-order valence-corrected chi connectivity index (χ3v) is 3.09. The maximum Gasteiger partial charge on any atom is 0.231 e. The van der Waals surface area contributed by atoms with Crippen LogP contribution in [0.5, 0.6) is 11.5 Å². The molecule has 1 aromatic carbocycles. The highest BCUT2D eigenvalue weighted by molar-refractivity contribution is 5.44. The highest BCUT2D eigenvalue weighted by Gasteiger charge is 2.13. The highest BCUT2D eigenvalue weighted by Crippen LogP contribution is 2.32. The van der Waals surface area contributed by atoms with Gasteiger partial charge in [0.25, 0.3) is 0 Å². The molecule has 0 fully saturated rings. The summed E-state index contributed by atoms with van der Waals surface area (Å²) < 4.78 is 16.4. The van der Waals surface area contributed by atoms with E-state index in [0.717, 1.165) is 28.4 Å². The van der Waals surface area contributed by atoms with Gasteiger partial charge in [0.05, 0.1) is 13.2 Å². The summed E-state index contributed by atoms with van der Waals surface area (Å²) in [4.78, 5) is 4.24. The SMILES string of the molecule is CNc1ncccc1COCc1ccc2c(c1)OCO2. The Kier molecular flexibility index (Phi) is 3.69. The Labute approximate surface area is 117 Å². The number of hydrogen-bond donors (Lipinski definition) is 1. The second-order valence-corrected chi connectivity index (χ2v) is 4.44. The van der Waals surface area contributed by atoms with Crippen LogP contribution in [-0.2, 0) is 18.0 Å². The molecule has 0 bridgehead atoms. The topological polar surface area (TPSA) is 52.6 Å². The molecule has 1 aliphatic heterocycles. The summed E-state index contributed by atoms with van der Waals surface area (Å²) in [5, 5.41) is 3.05. The minimum atomic E-state index is 0.293. The monoisotopic (exact) mass is 272 g/mol. The molecule has 5 nitrogen and oxygen atoms in total. The number of pyridine rings is 1. The van der Waals surface area contributed by atoms with Gasteiger partial charge in [-0.3, -0.25) is 0 Å². The van der Waals surface area contributed by atoms with Crippen LogP contribution in [0.3, 0.4) is 0 Å². The zero-order valence-electron chi connectivity index (χ0n) is 11.3. The van der Waals surface area contributed by atoms with Gasteiger partial charge in [0.15, 0.2) is 11.5 Å². The first-order valence-corrected chi connectivity index (χ1v) is 6.45. The van der Waals surface area contributed by atoms with E-state index >= 15 is 0 Å². The van der Waals surface area contributed by atoms with Gasteiger partial charge in [-0.1, -0.05) is 12.1 Å². The first kappa shape index (κ1) is 12.7. The molecule has 3 rings (SSSR count). The molecule has 0 saturated heterocycles. The predicted molar refractivity (Wildman–Crippen MR) is 74.8 cm³/mol. The van der Waals surface area contributed by atoms with Crippen LogP contribution in [0.1, 0.15) is 11.1 Å². The lowest BCUT2D eigenvalue weighted by Gasteiger charge is -2.09. The average molecular weight is 272 g/mol. The van der Waals surface area contributed by atoms with E-state index in [1.54, 1.807) is 6.20 Å². The second-order valence-electron chi connectivity index (χ2n) is 4.44. The van der Waals surface area contributed by atoms with E-state index < -0.39 is 0 Å². The molecule has 0 aliphatic carbocycles. The van der Waals surface area contributed by atoms with Crippen molar-refractivity contribution in [2.24, 2.45) is 0 Å². The minimum Gasteiger partial charge on any atom is -0.454 e. The largest absolute Gasteiger partial charge is 0.454 e. The molecule has 1 aromatic heterocycles. The van der Waals surface area contributed by atoms with E-state index in [2.05, 4.69) is 10.3 Å². The number of aromatic nitrogens is 1. The van der Waals surface area contributed by atoms with Gasteiger partial charge in [0.2, 0.25) is 6.79 Å². The lowest BCUT2D eigenvalue weighted by molar-refractivity contribution is 0.107. The lowest BCUT2D eigenvalue weighted by Crippen LogP contribution is -2.01. The molecule has 0 spiro atoms. The molecule has 0 radical (unpaired) electrons. The van der Waals surface area contributed by atoms with E-state index in [-0.39, 0.29) is 0 Å².